The molecule has 0 saturated heterocycles. The average Bonchev–Trinajstić information content (AvgIpc) is 3.47. The van der Waals surface area contributed by atoms with Gasteiger partial charge < -0.3 is 20.8 Å². The number of fused-ring (bicyclic) bond motifs is 7. The van der Waals surface area contributed by atoms with Gasteiger partial charge in [0.1, 0.15) is 5.69 Å². The number of amides is 2. The summed E-state index contributed by atoms with van der Waals surface area (Å²) >= 11 is 0. The van der Waals surface area contributed by atoms with Crippen molar-refractivity contribution in [3.63, 3.8) is 0 Å². The predicted octanol–water partition coefficient (Wildman–Crippen LogP) is 9.27. The molecule has 5 saturated carbocycles. The Hall–Kier alpha value is -3.52. The molecule has 8 nitrogen and oxygen atoms in total. The highest BCUT2D eigenvalue weighted by atomic mass is 16.4. The first-order valence-electron chi connectivity index (χ1n) is 21.0. The van der Waals surface area contributed by atoms with Crippen LogP contribution in [0, 0.1) is 57.2 Å². The number of nitrogens with zero attached hydrogens (tertiary/aromatic N) is 1. The normalized spacial score (nSPS) is 35.3. The molecule has 4 N–H and O–H groups in total. The minimum Gasteiger partial charge on any atom is -0.478 e. The minimum absolute atomic E-state index is 0.0935. The Kier molecular flexibility index (Phi) is 13.4. The summed E-state index contributed by atoms with van der Waals surface area (Å²) < 4.78 is 0. The summed E-state index contributed by atoms with van der Waals surface area (Å²) in [5.74, 6) is 4.24. The highest BCUT2D eigenvalue weighted by Crippen LogP contribution is 2.73. The smallest absolute Gasteiger partial charge is 0.335 e. The van der Waals surface area contributed by atoms with E-state index in [0.717, 1.165) is 47.1 Å². The van der Waals surface area contributed by atoms with Gasteiger partial charge in [-0.1, -0.05) is 59.8 Å². The summed E-state index contributed by atoms with van der Waals surface area (Å²) in [7, 11) is 0. The van der Waals surface area contributed by atoms with Crippen LogP contribution < -0.4 is 10.6 Å². The number of aromatic carboxylic acids is 1. The van der Waals surface area contributed by atoms with Crippen LogP contribution in [0.3, 0.4) is 0 Å². The number of carbonyl (C=O) groups is 3. The Morgan fingerprint density at radius 2 is 1.56 bits per heavy atom. The third-order valence-electron chi connectivity index (χ3n) is 15.6. The first kappa shape index (κ1) is 42.6. The average molecular weight is 756 g/mol. The molecule has 2 aromatic rings. The predicted molar refractivity (Wildman–Crippen MR) is 219 cm³/mol. The fraction of sp³-hybridized carbons (Fsp3) is 0.660. The maximum absolute atomic E-state index is 12.1. The van der Waals surface area contributed by atoms with Crippen LogP contribution in [-0.2, 0) is 17.8 Å². The van der Waals surface area contributed by atoms with E-state index < -0.39 is 5.97 Å². The summed E-state index contributed by atoms with van der Waals surface area (Å²) in [6, 6.07) is 9.85. The summed E-state index contributed by atoms with van der Waals surface area (Å²) in [6.45, 7) is 21.4. The highest BCUT2D eigenvalue weighted by molar-refractivity contribution is 5.92. The van der Waals surface area contributed by atoms with Crippen molar-refractivity contribution in [2.75, 3.05) is 6.54 Å². The fourth-order valence-electron chi connectivity index (χ4n) is 13.1. The standard InChI is InChI=1S/C27H46O.C17H17N3O4.C3H6/c1-17-9-13-25(4)14-10-19-18(23(17)25)7-8-21-26(19,5)15-11-20-24(2,3)22(28)12-16-27(20,21)6;21-11-18-10-13-6-7-19-15(9-13)16(22)20-8-5-12-1-3-14(4-2-12)17(23)24;1-3-2/h17-23,28H,7-16H2,1-6H3;1-4,6-7,9,11H,5,8,10H2,(H,18,21)(H,20,22)(H,23,24);3H,1H2,2H3. The summed E-state index contributed by atoms with van der Waals surface area (Å²) in [5.41, 5.74) is 3.97. The Morgan fingerprint density at radius 1 is 0.891 bits per heavy atom. The molecule has 0 spiro atoms. The quantitative estimate of drug-likeness (QED) is 0.157. The second-order valence-corrected chi connectivity index (χ2v) is 19.1. The molecule has 0 radical (unpaired) electrons. The maximum atomic E-state index is 12.1. The zero-order valence-corrected chi connectivity index (χ0v) is 34.7. The summed E-state index contributed by atoms with van der Waals surface area (Å²) in [4.78, 5) is 37.1. The zero-order chi connectivity index (χ0) is 40.2. The van der Waals surface area contributed by atoms with Gasteiger partial charge >= 0.3 is 5.97 Å². The van der Waals surface area contributed by atoms with Crippen LogP contribution in [0.1, 0.15) is 145 Å². The van der Waals surface area contributed by atoms with Gasteiger partial charge in [0.25, 0.3) is 5.91 Å². The second-order valence-electron chi connectivity index (χ2n) is 19.1. The van der Waals surface area contributed by atoms with Crippen LogP contribution in [-0.4, -0.2) is 46.1 Å². The molecule has 8 heteroatoms. The molecular formula is C47H69N3O5. The number of rotatable bonds is 8. The number of carboxylic acids is 1. The molecule has 1 aromatic heterocycles. The summed E-state index contributed by atoms with van der Waals surface area (Å²) in [6.07, 6.45) is 18.4. The third-order valence-corrected chi connectivity index (χ3v) is 15.6. The molecule has 55 heavy (non-hydrogen) atoms. The van der Waals surface area contributed by atoms with Crippen molar-refractivity contribution in [1.82, 2.24) is 15.6 Å². The van der Waals surface area contributed by atoms with Gasteiger partial charge in [0, 0.05) is 19.3 Å². The van der Waals surface area contributed by atoms with E-state index >= 15 is 0 Å². The molecule has 10 atom stereocenters. The van der Waals surface area contributed by atoms with Crippen LogP contribution in [0.25, 0.3) is 0 Å². The van der Waals surface area contributed by atoms with Gasteiger partial charge in [-0.2, -0.15) is 0 Å². The molecule has 302 valence electrons. The molecule has 5 aliphatic carbocycles. The number of carboxylic acid groups (broad SMARTS) is 1. The lowest BCUT2D eigenvalue weighted by Gasteiger charge is -2.69. The van der Waals surface area contributed by atoms with Crippen LogP contribution in [0.2, 0.25) is 0 Å². The lowest BCUT2D eigenvalue weighted by Crippen LogP contribution is -2.63. The van der Waals surface area contributed by atoms with E-state index in [9.17, 15) is 19.5 Å². The minimum atomic E-state index is -0.968. The van der Waals surface area contributed by atoms with Crippen molar-refractivity contribution in [3.05, 3.63) is 77.6 Å². The Morgan fingerprint density at radius 3 is 2.24 bits per heavy atom. The van der Waals surface area contributed by atoms with Crippen molar-refractivity contribution in [2.45, 2.75) is 132 Å². The molecule has 5 fully saturated rings. The lowest BCUT2D eigenvalue weighted by atomic mass is 9.36. The molecule has 0 bridgehead atoms. The molecule has 1 aromatic carbocycles. The molecule has 2 amide bonds. The third kappa shape index (κ3) is 8.60. The number of aromatic nitrogens is 1. The molecular weight excluding hydrogens is 687 g/mol. The topological polar surface area (TPSA) is 129 Å². The number of benzene rings is 1. The van der Waals surface area contributed by atoms with E-state index in [1.807, 2.05) is 6.92 Å². The van der Waals surface area contributed by atoms with Crippen molar-refractivity contribution in [1.29, 1.82) is 0 Å². The number of hydrogen-bond donors (Lipinski definition) is 4. The first-order valence-corrected chi connectivity index (χ1v) is 21.0. The largest absolute Gasteiger partial charge is 0.478 e. The van der Waals surface area contributed by atoms with E-state index in [1.54, 1.807) is 30.3 Å². The Balaban J connectivity index is 0.000000200. The fourth-order valence-corrected chi connectivity index (χ4v) is 13.1. The molecule has 10 unspecified atom stereocenters. The van der Waals surface area contributed by atoms with Crippen molar-refractivity contribution >= 4 is 18.3 Å². The van der Waals surface area contributed by atoms with Crippen LogP contribution in [0.5, 0.6) is 0 Å². The molecule has 7 rings (SSSR count). The Labute approximate surface area is 330 Å². The number of aliphatic hydroxyl groups excluding tert-OH is 1. The Bertz CT molecular complexity index is 1660. The number of aliphatic hydroxyl groups is 1. The van der Waals surface area contributed by atoms with Crippen molar-refractivity contribution in [2.24, 2.45) is 57.2 Å². The molecule has 5 aliphatic rings. The van der Waals surface area contributed by atoms with E-state index in [0.29, 0.717) is 48.1 Å². The van der Waals surface area contributed by atoms with Crippen molar-refractivity contribution < 1.29 is 24.6 Å². The first-order chi connectivity index (χ1) is 26.0. The zero-order valence-electron chi connectivity index (χ0n) is 34.7. The summed E-state index contributed by atoms with van der Waals surface area (Å²) in [5, 5.41) is 24.9. The van der Waals surface area contributed by atoms with Gasteiger partial charge in [-0.15, -0.1) is 6.58 Å². The van der Waals surface area contributed by atoms with Gasteiger partial charge in [-0.05, 0) is 170 Å². The van der Waals surface area contributed by atoms with E-state index in [2.05, 4.69) is 63.7 Å². The van der Waals surface area contributed by atoms with Gasteiger partial charge in [0.05, 0.1) is 11.7 Å². The van der Waals surface area contributed by atoms with Crippen molar-refractivity contribution in [3.8, 4) is 0 Å². The van der Waals surface area contributed by atoms with Gasteiger partial charge in [-0.3, -0.25) is 14.6 Å². The van der Waals surface area contributed by atoms with Crippen LogP contribution in [0.4, 0.5) is 0 Å². The van der Waals surface area contributed by atoms with E-state index in [-0.39, 0.29) is 28.7 Å². The van der Waals surface area contributed by atoms with Crippen LogP contribution in [0.15, 0.2) is 55.3 Å². The number of hydrogen-bond acceptors (Lipinski definition) is 5. The number of carbonyl (C=O) groups excluding carboxylic acids is 2. The number of pyridine rings is 1. The highest BCUT2D eigenvalue weighted by Gasteiger charge is 2.66. The number of nitrogens with one attached hydrogen (secondary N) is 2. The molecule has 0 aliphatic heterocycles. The van der Waals surface area contributed by atoms with Gasteiger partial charge in [0.15, 0.2) is 0 Å². The SMILES string of the molecule is C=CC.CC1CCC2(C)CCC3C(CCC4C3(C)CCC3C(C)(C)C(O)CCC34C)C12.O=CNCc1ccnc(C(=O)NCCc2ccc(C(=O)O)cc2)c1. The van der Waals surface area contributed by atoms with Gasteiger partial charge in [-0.25, -0.2) is 4.79 Å². The lowest BCUT2D eigenvalue weighted by molar-refractivity contribution is -0.215. The monoisotopic (exact) mass is 756 g/mol. The van der Waals surface area contributed by atoms with E-state index in [1.165, 1.54) is 76.1 Å². The van der Waals surface area contributed by atoms with E-state index in [4.69, 9.17) is 5.11 Å². The van der Waals surface area contributed by atoms with Gasteiger partial charge in [0.2, 0.25) is 6.41 Å². The number of allylic oxidation sites excluding steroid dienone is 1. The van der Waals surface area contributed by atoms with Crippen LogP contribution >= 0.6 is 0 Å². The second kappa shape index (κ2) is 17.3. The molecule has 1 heterocycles. The maximum Gasteiger partial charge on any atom is 0.335 e.